The van der Waals surface area contributed by atoms with Crippen molar-refractivity contribution in [2.24, 2.45) is 0 Å². The van der Waals surface area contributed by atoms with Gasteiger partial charge in [-0.05, 0) is 5.69 Å². The van der Waals surface area contributed by atoms with Gasteiger partial charge in [-0.2, -0.15) is 11.0 Å². The summed E-state index contributed by atoms with van der Waals surface area (Å²) in [5, 5.41) is 0. The Hall–Kier alpha value is -4.03. The van der Waals surface area contributed by atoms with Gasteiger partial charge in [0.1, 0.15) is 11.1 Å². The summed E-state index contributed by atoms with van der Waals surface area (Å²) in [5.74, 6) is 0. The number of hydrogen-bond donors (Lipinski definition) is 0. The van der Waals surface area contributed by atoms with Crippen LogP contribution >= 0.6 is 0 Å². The first-order valence-electron chi connectivity index (χ1n) is 6.31. The second-order valence-corrected chi connectivity index (χ2v) is 4.32. The van der Waals surface area contributed by atoms with Crippen LogP contribution in [0.15, 0.2) is 62.9 Å². The number of benzene rings is 2. The Morgan fingerprint density at radius 1 is 0.500 bits per heavy atom. The second kappa shape index (κ2) is 9.97. The van der Waals surface area contributed by atoms with Crippen molar-refractivity contribution in [3.8, 4) is 0 Å². The topological polar surface area (TPSA) is 108 Å². The first-order valence-corrected chi connectivity index (χ1v) is 6.31. The summed E-state index contributed by atoms with van der Waals surface area (Å²) in [6, 6.07) is 14.0. The van der Waals surface area contributed by atoms with Gasteiger partial charge in [0.15, 0.2) is 0 Å². The molecule has 4 aromatic rings. The van der Waals surface area contributed by atoms with E-state index in [1.807, 2.05) is 12.1 Å². The SMILES string of the molecule is O=c1[n-]c2ccccc2[n-]1.O=c1[n-]c2ccccc2[n-]c1=O.[Re].[Re].[Rf].[Rf]. The van der Waals surface area contributed by atoms with Crippen LogP contribution in [0, 0.1) is 0 Å². The summed E-state index contributed by atoms with van der Waals surface area (Å²) in [7, 11) is 0. The molecule has 2 radical (unpaired) electrons. The van der Waals surface area contributed by atoms with E-state index in [1.165, 1.54) is 0 Å². The van der Waals surface area contributed by atoms with Crippen molar-refractivity contribution in [1.29, 1.82) is 0 Å². The standard InChI is InChI=1S/C8H6N2O2.C7H5N2O.2Re.2Rf/c11-7-8(12)10-6-4-2-1-3-5(6)9-7;10-7-8-5-3-1-2-4-6(5)9-7;;;;/h1-4H,(H2,9,10,11,12);1-4H,(H-,8,9,10);;;;/q;-1;;;;/p-3. The van der Waals surface area contributed by atoms with Gasteiger partial charge in [-0.15, -0.1) is 11.0 Å². The van der Waals surface area contributed by atoms with E-state index >= 15 is 0 Å². The number of imidazole rings is 1. The molecule has 2 heterocycles. The zero-order valence-corrected chi connectivity index (χ0v) is 31.5. The van der Waals surface area contributed by atoms with Gasteiger partial charge >= 0.3 is 0 Å². The molecule has 11 heteroatoms. The van der Waals surface area contributed by atoms with Crippen LogP contribution in [0.2, 0.25) is 0 Å². The molecule has 0 fully saturated rings. The molecule has 4 rings (SSSR count). The molecule has 0 saturated heterocycles. The summed E-state index contributed by atoms with van der Waals surface area (Å²) >= 11 is 0. The molecule has 0 amide bonds. The van der Waals surface area contributed by atoms with Crippen molar-refractivity contribution in [3.05, 3.63) is 79.7 Å². The fourth-order valence-corrected chi connectivity index (χ4v) is 1.85. The van der Waals surface area contributed by atoms with Crippen LogP contribution in [0.5, 0.6) is 0 Å². The van der Waals surface area contributed by atoms with Gasteiger partial charge in [0.05, 0.1) is 0 Å². The van der Waals surface area contributed by atoms with E-state index in [9.17, 15) is 14.4 Å². The molecule has 128 valence electrons. The maximum atomic E-state index is 10.7. The smallest absolute Gasteiger partial charge is 0.103 e. The molecule has 7 nitrogen and oxygen atoms in total. The van der Waals surface area contributed by atoms with Crippen molar-refractivity contribution >= 4 is 22.1 Å². The summed E-state index contributed by atoms with van der Waals surface area (Å²) < 4.78 is 0. The van der Waals surface area contributed by atoms with Crippen LogP contribution in [-0.4, -0.2) is 0 Å². The van der Waals surface area contributed by atoms with Crippen molar-refractivity contribution in [1.82, 2.24) is 19.9 Å². The molecule has 2 aromatic heterocycles. The number of nitrogens with zero attached hydrogens (tertiary/aromatic N) is 4. The first-order chi connectivity index (χ1) is 10.6. The van der Waals surface area contributed by atoms with Gasteiger partial charge in [-0.25, -0.2) is 0 Å². The maximum Gasteiger partial charge on any atom is 0.103 e. The Balaban J connectivity index is 0. The first kappa shape index (κ1) is 24.2. The molecule has 0 N–H and O–H groups in total. The fourth-order valence-electron chi connectivity index (χ4n) is 1.85. The quantitative estimate of drug-likeness (QED) is 0.221. The van der Waals surface area contributed by atoms with Gasteiger partial charge in [0.25, 0.3) is 0 Å². The Morgan fingerprint density at radius 3 is 1.08 bits per heavy atom. The molecule has 0 unspecified atom stereocenters. The van der Waals surface area contributed by atoms with Crippen LogP contribution in [0.1, 0.15) is 0 Å². The third-order valence-corrected chi connectivity index (χ3v) is 2.82. The van der Waals surface area contributed by atoms with Crippen molar-refractivity contribution in [3.63, 3.8) is 0 Å². The summed E-state index contributed by atoms with van der Waals surface area (Å²) in [6.45, 7) is 0. The molecule has 0 aliphatic heterocycles. The minimum absolute atomic E-state index is 0. The van der Waals surface area contributed by atoms with Crippen LogP contribution in [0.4, 0.5) is 0 Å². The van der Waals surface area contributed by atoms with Crippen LogP contribution in [0.3, 0.4) is 0 Å². The third-order valence-electron chi connectivity index (χ3n) is 2.82. The van der Waals surface area contributed by atoms with E-state index in [1.54, 1.807) is 36.4 Å². The largest absolute Gasteiger partial charge is 0.644 e. The van der Waals surface area contributed by atoms with Crippen LogP contribution < -0.4 is 36.7 Å². The van der Waals surface area contributed by atoms with E-state index in [4.69, 9.17) is 0 Å². The van der Waals surface area contributed by atoms with Gasteiger partial charge in [0, 0.05) is 40.8 Å². The average Bonchev–Trinajstić information content (AvgIpc) is 2.89. The molecule has 0 aliphatic carbocycles. The molecule has 0 bridgehead atoms. The summed E-state index contributed by atoms with van der Waals surface area (Å²) in [6.07, 6.45) is 0. The molecular formula is C15H8N4O3Re2Rf2-4. The number of para-hydroxylation sites is 4. The normalized spacial score (nSPS) is 8.77. The van der Waals surface area contributed by atoms with Crippen LogP contribution in [0.25, 0.3) is 22.1 Å². The monoisotopic (exact) mass is 1200 g/mol. The number of hydrogen-bond acceptors (Lipinski definition) is 3. The molecule has 0 spiro atoms. The predicted molar refractivity (Wildman–Crippen MR) is 80.0 cm³/mol. The Kier molecular flexibility index (Phi) is 9.29. The number of rotatable bonds is 0. The van der Waals surface area contributed by atoms with Gasteiger partial charge in [0.2, 0.25) is 0 Å². The minimum Gasteiger partial charge on any atom is -0.644 e. The fraction of sp³-hybridized carbons (Fsp3) is 0. The average molecular weight is 1200 g/mol. The number of fused-ring (bicyclic) bond motifs is 2. The third kappa shape index (κ3) is 4.99. The molecule has 0 saturated carbocycles. The van der Waals surface area contributed by atoms with E-state index in [2.05, 4.69) is 19.9 Å². The van der Waals surface area contributed by atoms with E-state index in [0.29, 0.717) is 22.1 Å². The second-order valence-electron chi connectivity index (χ2n) is 4.32. The summed E-state index contributed by atoms with van der Waals surface area (Å²) in [4.78, 5) is 46.4. The molecular weight excluding hydrogens is 1190 g/mol. The van der Waals surface area contributed by atoms with E-state index < -0.39 is 16.8 Å². The molecule has 0 atom stereocenters. The zero-order valence-electron chi connectivity index (χ0n) is 13.3. The minimum atomic E-state index is -0.797. The summed E-state index contributed by atoms with van der Waals surface area (Å²) in [5.41, 5.74) is 0.271. The molecule has 0 aliphatic rings. The van der Waals surface area contributed by atoms with Crippen molar-refractivity contribution in [2.75, 3.05) is 0 Å². The van der Waals surface area contributed by atoms with Gasteiger partial charge < -0.3 is 34.3 Å². The molecule has 26 heavy (non-hydrogen) atoms. The van der Waals surface area contributed by atoms with Gasteiger partial charge in [-0.1, -0.05) is 48.5 Å². The van der Waals surface area contributed by atoms with E-state index in [0.717, 1.165) is 0 Å². The van der Waals surface area contributed by atoms with E-state index in [-0.39, 0.29) is 40.8 Å². The van der Waals surface area contributed by atoms with Crippen molar-refractivity contribution < 1.29 is 40.8 Å². The number of aromatic nitrogens is 4. The maximum absolute atomic E-state index is 10.7. The Morgan fingerprint density at radius 2 is 0.769 bits per heavy atom. The van der Waals surface area contributed by atoms with Gasteiger partial charge in [-0.3, -0.25) is 0 Å². The van der Waals surface area contributed by atoms with Crippen molar-refractivity contribution in [2.45, 2.75) is 0 Å². The van der Waals surface area contributed by atoms with Crippen LogP contribution in [-0.2, 0) is 40.8 Å². The zero-order chi connectivity index (χ0) is 15.5. The molecule has 2 aromatic carbocycles. The Bertz CT molecular complexity index is 1040. The predicted octanol–water partition coefficient (Wildman–Crippen LogP) is -0.416. The Labute approximate surface area is 162 Å².